The van der Waals surface area contributed by atoms with Gasteiger partial charge in [-0.3, -0.25) is 10.2 Å². The fourth-order valence-electron chi connectivity index (χ4n) is 2.22. The monoisotopic (exact) mass is 396 g/mol. The number of nitrogens with one attached hydrogen (secondary N) is 2. The summed E-state index contributed by atoms with van der Waals surface area (Å²) in [7, 11) is 2.93. The quantitative estimate of drug-likeness (QED) is 0.579. The molecule has 0 aliphatic heterocycles. The Morgan fingerprint density at radius 2 is 2.12 bits per heavy atom. The minimum absolute atomic E-state index is 0.180. The number of halogens is 2. The van der Waals surface area contributed by atoms with Gasteiger partial charge in [-0.25, -0.2) is 4.68 Å². The van der Waals surface area contributed by atoms with E-state index in [4.69, 9.17) is 38.1 Å². The van der Waals surface area contributed by atoms with Crippen molar-refractivity contribution in [2.24, 2.45) is 0 Å². The molecule has 0 radical (unpaired) electrons. The summed E-state index contributed by atoms with van der Waals surface area (Å²) < 4.78 is 12.0. The molecule has 7 nitrogen and oxygen atoms in total. The first-order chi connectivity index (χ1) is 12.3. The van der Waals surface area contributed by atoms with Crippen LogP contribution in [0.5, 0.6) is 5.88 Å². The number of ether oxygens (including phenoxy) is 2. The van der Waals surface area contributed by atoms with E-state index in [1.54, 1.807) is 37.4 Å². The van der Waals surface area contributed by atoms with E-state index in [0.29, 0.717) is 21.3 Å². The zero-order valence-electron chi connectivity index (χ0n) is 14.4. The third-order valence-electron chi connectivity index (χ3n) is 3.43. The summed E-state index contributed by atoms with van der Waals surface area (Å²) in [5.74, 6) is -0.282. The maximum absolute atomic E-state index is 11.7. The van der Waals surface area contributed by atoms with E-state index in [1.165, 1.54) is 24.9 Å². The minimum Gasteiger partial charge on any atom is -0.420 e. The van der Waals surface area contributed by atoms with Crippen molar-refractivity contribution in [3.63, 3.8) is 0 Å². The van der Waals surface area contributed by atoms with Crippen LogP contribution in [0.15, 0.2) is 42.1 Å². The molecule has 1 unspecified atom stereocenters. The number of hydrogen-bond donors (Lipinski definition) is 2. The molecule has 0 spiro atoms. The summed E-state index contributed by atoms with van der Waals surface area (Å²) in [4.78, 5) is 11.7. The van der Waals surface area contributed by atoms with E-state index in [2.05, 4.69) is 10.4 Å². The molecule has 26 heavy (non-hydrogen) atoms. The van der Waals surface area contributed by atoms with Crippen molar-refractivity contribution in [3.8, 4) is 11.6 Å². The van der Waals surface area contributed by atoms with Crippen molar-refractivity contribution in [3.05, 3.63) is 52.2 Å². The average molecular weight is 397 g/mol. The van der Waals surface area contributed by atoms with Gasteiger partial charge < -0.3 is 14.8 Å². The first-order valence-electron chi connectivity index (χ1n) is 7.55. The van der Waals surface area contributed by atoms with Crippen LogP contribution < -0.4 is 10.1 Å². The van der Waals surface area contributed by atoms with E-state index >= 15 is 0 Å². The van der Waals surface area contributed by atoms with Crippen molar-refractivity contribution >= 4 is 35.0 Å². The second-order valence-corrected chi connectivity index (χ2v) is 6.12. The molecule has 1 atom stereocenters. The van der Waals surface area contributed by atoms with Gasteiger partial charge in [0.15, 0.2) is 6.10 Å². The van der Waals surface area contributed by atoms with Crippen LogP contribution in [0.2, 0.25) is 10.0 Å². The Balaban J connectivity index is 2.12. The summed E-state index contributed by atoms with van der Waals surface area (Å²) in [6.07, 6.45) is 2.25. The van der Waals surface area contributed by atoms with Crippen molar-refractivity contribution in [2.45, 2.75) is 13.0 Å². The Morgan fingerprint density at radius 3 is 2.73 bits per heavy atom. The van der Waals surface area contributed by atoms with Crippen molar-refractivity contribution in [1.29, 1.82) is 5.41 Å². The lowest BCUT2D eigenvalue weighted by Crippen LogP contribution is -2.34. The second-order valence-electron chi connectivity index (χ2n) is 5.28. The SMILES string of the molecule is CNC(=O)C(OC)/C(C)=C\C(=N)Oc1ccn(-c2ccc(Cl)cc2Cl)n1. The van der Waals surface area contributed by atoms with Gasteiger partial charge in [0.2, 0.25) is 11.8 Å². The lowest BCUT2D eigenvalue weighted by Gasteiger charge is -2.14. The topological polar surface area (TPSA) is 89.2 Å². The molecule has 138 valence electrons. The standard InChI is InChI=1S/C17H18Cl2N4O3/c1-10(16(25-3)17(24)21-2)8-14(20)26-15-6-7-23(22-15)13-5-4-11(18)9-12(13)19/h4-9,16,20H,1-3H3,(H,21,24)/b10-8-,20-14?. The normalized spacial score (nSPS) is 12.6. The number of rotatable bonds is 6. The molecule has 9 heteroatoms. The fourth-order valence-corrected chi connectivity index (χ4v) is 2.71. The van der Waals surface area contributed by atoms with Crippen molar-refractivity contribution in [1.82, 2.24) is 15.1 Å². The minimum atomic E-state index is -0.797. The molecule has 0 bridgehead atoms. The van der Waals surface area contributed by atoms with E-state index in [9.17, 15) is 4.79 Å². The van der Waals surface area contributed by atoms with Crippen molar-refractivity contribution in [2.75, 3.05) is 14.2 Å². The fraction of sp³-hybridized carbons (Fsp3) is 0.235. The summed E-state index contributed by atoms with van der Waals surface area (Å²) in [5, 5.41) is 15.6. The van der Waals surface area contributed by atoms with E-state index in [1.807, 2.05) is 0 Å². The van der Waals surface area contributed by atoms with Crippen LogP contribution in [-0.4, -0.2) is 41.8 Å². The molecule has 0 saturated heterocycles. The second kappa shape index (κ2) is 8.84. The molecule has 0 fully saturated rings. The van der Waals surface area contributed by atoms with Gasteiger partial charge in [0.1, 0.15) is 0 Å². The zero-order chi connectivity index (χ0) is 19.3. The van der Waals surface area contributed by atoms with Crippen LogP contribution in [0.4, 0.5) is 0 Å². The highest BCUT2D eigenvalue weighted by Crippen LogP contribution is 2.24. The first kappa shape index (κ1) is 20.0. The number of methoxy groups -OCH3 is 1. The van der Waals surface area contributed by atoms with Crippen LogP contribution in [0, 0.1) is 5.41 Å². The highest BCUT2D eigenvalue weighted by molar-refractivity contribution is 6.35. The van der Waals surface area contributed by atoms with Gasteiger partial charge in [0.25, 0.3) is 5.91 Å². The number of likely N-dealkylation sites (N-methyl/N-ethyl adjacent to an activating group) is 1. The molecule has 1 aromatic carbocycles. The lowest BCUT2D eigenvalue weighted by molar-refractivity contribution is -0.128. The van der Waals surface area contributed by atoms with Gasteiger partial charge in [-0.1, -0.05) is 23.2 Å². The number of nitrogens with zero attached hydrogens (tertiary/aromatic N) is 2. The number of carbonyl (C=O) groups is 1. The molecule has 1 amide bonds. The van der Waals surface area contributed by atoms with E-state index < -0.39 is 6.10 Å². The maximum atomic E-state index is 11.7. The van der Waals surface area contributed by atoms with Gasteiger partial charge in [0.05, 0.1) is 10.7 Å². The zero-order valence-corrected chi connectivity index (χ0v) is 15.9. The Bertz CT molecular complexity index is 848. The van der Waals surface area contributed by atoms with Gasteiger partial charge in [-0.2, -0.15) is 0 Å². The Morgan fingerprint density at radius 1 is 1.38 bits per heavy atom. The molecule has 0 saturated carbocycles. The molecule has 2 aromatic rings. The Hall–Kier alpha value is -2.35. The summed E-state index contributed by atoms with van der Waals surface area (Å²) in [5.41, 5.74) is 1.15. The number of benzene rings is 1. The molecule has 1 heterocycles. The largest absolute Gasteiger partial charge is 0.420 e. The van der Waals surface area contributed by atoms with Gasteiger partial charge in [0, 0.05) is 37.5 Å². The predicted molar refractivity (Wildman–Crippen MR) is 101 cm³/mol. The smallest absolute Gasteiger partial charge is 0.253 e. The number of amides is 1. The third-order valence-corrected chi connectivity index (χ3v) is 3.97. The average Bonchev–Trinajstić information content (AvgIpc) is 3.03. The molecule has 0 aliphatic rings. The van der Waals surface area contributed by atoms with Crippen LogP contribution in [0.25, 0.3) is 5.69 Å². The maximum Gasteiger partial charge on any atom is 0.253 e. The molecule has 1 aromatic heterocycles. The molecule has 0 aliphatic carbocycles. The highest BCUT2D eigenvalue weighted by atomic mass is 35.5. The van der Waals surface area contributed by atoms with E-state index in [0.717, 1.165) is 0 Å². The molecular formula is C17H18Cl2N4O3. The summed E-state index contributed by atoms with van der Waals surface area (Å²) >= 11 is 12.0. The third kappa shape index (κ3) is 4.85. The summed E-state index contributed by atoms with van der Waals surface area (Å²) in [6, 6.07) is 6.62. The molecular weight excluding hydrogens is 379 g/mol. The van der Waals surface area contributed by atoms with Gasteiger partial charge in [-0.05, 0) is 30.7 Å². The van der Waals surface area contributed by atoms with Crippen LogP contribution in [0.3, 0.4) is 0 Å². The summed E-state index contributed by atoms with van der Waals surface area (Å²) in [6.45, 7) is 1.67. The molecule has 2 N–H and O–H groups in total. The van der Waals surface area contributed by atoms with Crippen LogP contribution in [0.1, 0.15) is 6.92 Å². The van der Waals surface area contributed by atoms with Crippen molar-refractivity contribution < 1.29 is 14.3 Å². The van der Waals surface area contributed by atoms with Gasteiger partial charge >= 0.3 is 0 Å². The van der Waals surface area contributed by atoms with E-state index in [-0.39, 0.29) is 17.7 Å². The molecule has 2 rings (SSSR count). The first-order valence-corrected chi connectivity index (χ1v) is 8.31. The number of aromatic nitrogens is 2. The Labute approximate surface area is 161 Å². The lowest BCUT2D eigenvalue weighted by atomic mass is 10.1. The number of hydrogen-bond acceptors (Lipinski definition) is 5. The predicted octanol–water partition coefficient (Wildman–Crippen LogP) is 3.24. The van der Waals surface area contributed by atoms with Crippen LogP contribution >= 0.6 is 23.2 Å². The highest BCUT2D eigenvalue weighted by Gasteiger charge is 2.19. The number of carbonyl (C=O) groups excluding carboxylic acids is 1. The van der Waals surface area contributed by atoms with Gasteiger partial charge in [-0.15, -0.1) is 5.10 Å². The van der Waals surface area contributed by atoms with Crippen LogP contribution in [-0.2, 0) is 9.53 Å². The Kier molecular flexibility index (Phi) is 6.79.